The third-order valence-electron chi connectivity index (χ3n) is 4.76. The van der Waals surface area contributed by atoms with E-state index in [-0.39, 0.29) is 41.6 Å². The van der Waals surface area contributed by atoms with E-state index in [0.717, 1.165) is 50.5 Å². The van der Waals surface area contributed by atoms with Crippen molar-refractivity contribution in [2.45, 2.75) is 32.7 Å². The van der Waals surface area contributed by atoms with Gasteiger partial charge in [0.05, 0.1) is 12.8 Å². The molecule has 1 saturated heterocycles. The van der Waals surface area contributed by atoms with E-state index in [1.165, 1.54) is 6.26 Å². The molecule has 2 heterocycles. The van der Waals surface area contributed by atoms with Crippen molar-refractivity contribution in [1.29, 1.82) is 0 Å². The molecule has 0 saturated carbocycles. The Balaban J connectivity index is 0.00000341. The highest BCUT2D eigenvalue weighted by atomic mass is 127. The number of guanidine groups is 1. The number of benzene rings is 1. The molecule has 1 aromatic carbocycles. The zero-order valence-corrected chi connectivity index (χ0v) is 20.1. The molecule has 0 radical (unpaired) electrons. The normalized spacial score (nSPS) is 13.6. The molecule has 0 aliphatic carbocycles. The summed E-state index contributed by atoms with van der Waals surface area (Å²) in [5.41, 5.74) is 1.67. The Kier molecular flexibility index (Phi) is 10.3. The molecule has 0 bridgehead atoms. The summed E-state index contributed by atoms with van der Waals surface area (Å²) < 4.78 is 5.12. The number of hydrogen-bond donors (Lipinski definition) is 3. The Bertz CT molecular complexity index is 870. The molecule has 1 aliphatic rings. The number of nitrogens with one attached hydrogen (secondary N) is 3. The van der Waals surface area contributed by atoms with Crippen LogP contribution in [0.5, 0.6) is 0 Å². The molecule has 31 heavy (non-hydrogen) atoms. The van der Waals surface area contributed by atoms with Crippen LogP contribution in [0.1, 0.15) is 42.3 Å². The minimum Gasteiger partial charge on any atom is -0.459 e. The predicted octanol–water partition coefficient (Wildman–Crippen LogP) is 3.22. The van der Waals surface area contributed by atoms with Gasteiger partial charge in [-0.25, -0.2) is 4.99 Å². The number of amides is 2. The zero-order valence-electron chi connectivity index (χ0n) is 17.7. The van der Waals surface area contributed by atoms with Crippen molar-refractivity contribution in [3.63, 3.8) is 0 Å². The third kappa shape index (κ3) is 7.89. The van der Waals surface area contributed by atoms with E-state index in [4.69, 9.17) is 4.42 Å². The topological polar surface area (TPSA) is 99.0 Å². The maximum absolute atomic E-state index is 12.1. The van der Waals surface area contributed by atoms with E-state index >= 15 is 0 Å². The van der Waals surface area contributed by atoms with Crippen LogP contribution < -0.4 is 16.0 Å². The fraction of sp³-hybridized carbons (Fsp3) is 0.409. The zero-order chi connectivity index (χ0) is 21.2. The molecule has 9 heteroatoms. The molecule has 0 unspecified atom stereocenters. The highest BCUT2D eigenvalue weighted by molar-refractivity contribution is 14.0. The van der Waals surface area contributed by atoms with Crippen molar-refractivity contribution in [3.05, 3.63) is 54.0 Å². The lowest BCUT2D eigenvalue weighted by Gasteiger charge is -2.16. The van der Waals surface area contributed by atoms with Crippen LogP contribution in [-0.2, 0) is 11.3 Å². The number of carbonyl (C=O) groups excluding carboxylic acids is 2. The molecule has 2 aromatic rings. The summed E-state index contributed by atoms with van der Waals surface area (Å²) >= 11 is 0. The van der Waals surface area contributed by atoms with E-state index in [2.05, 4.69) is 20.9 Å². The van der Waals surface area contributed by atoms with Crippen molar-refractivity contribution in [1.82, 2.24) is 15.5 Å². The lowest BCUT2D eigenvalue weighted by Crippen LogP contribution is -2.39. The van der Waals surface area contributed by atoms with E-state index in [0.29, 0.717) is 18.7 Å². The molecule has 168 valence electrons. The minimum absolute atomic E-state index is 0. The predicted molar refractivity (Wildman–Crippen MR) is 132 cm³/mol. The third-order valence-corrected chi connectivity index (χ3v) is 4.76. The first kappa shape index (κ1) is 24.7. The molecule has 8 nitrogen and oxygen atoms in total. The average molecular weight is 539 g/mol. The Morgan fingerprint density at radius 2 is 2.10 bits per heavy atom. The van der Waals surface area contributed by atoms with Gasteiger partial charge in [0.15, 0.2) is 11.7 Å². The number of rotatable bonds is 9. The number of hydrogen-bond acceptors (Lipinski definition) is 4. The maximum atomic E-state index is 12.1. The first-order valence-electron chi connectivity index (χ1n) is 10.4. The van der Waals surface area contributed by atoms with Crippen LogP contribution in [0.4, 0.5) is 5.69 Å². The van der Waals surface area contributed by atoms with Crippen LogP contribution in [-0.4, -0.2) is 48.9 Å². The Morgan fingerprint density at radius 1 is 1.23 bits per heavy atom. The number of halogens is 1. The lowest BCUT2D eigenvalue weighted by molar-refractivity contribution is -0.127. The summed E-state index contributed by atoms with van der Waals surface area (Å²) in [6.07, 6.45) is 4.00. The average Bonchev–Trinajstić information content (AvgIpc) is 3.42. The molecule has 1 aliphatic heterocycles. The van der Waals surface area contributed by atoms with Crippen molar-refractivity contribution in [2.75, 3.05) is 31.5 Å². The van der Waals surface area contributed by atoms with Gasteiger partial charge in [-0.1, -0.05) is 12.1 Å². The van der Waals surface area contributed by atoms with E-state index in [1.54, 1.807) is 12.1 Å². The van der Waals surface area contributed by atoms with Crippen molar-refractivity contribution in [2.24, 2.45) is 4.99 Å². The van der Waals surface area contributed by atoms with Gasteiger partial charge < -0.3 is 25.3 Å². The highest BCUT2D eigenvalue weighted by Crippen LogP contribution is 2.13. The summed E-state index contributed by atoms with van der Waals surface area (Å²) in [5.74, 6) is 0.977. The second kappa shape index (κ2) is 13.0. The quantitative estimate of drug-likeness (QED) is 0.197. The van der Waals surface area contributed by atoms with E-state index < -0.39 is 0 Å². The summed E-state index contributed by atoms with van der Waals surface area (Å²) in [7, 11) is 0. The van der Waals surface area contributed by atoms with Crippen LogP contribution in [0.3, 0.4) is 0 Å². The summed E-state index contributed by atoms with van der Waals surface area (Å²) in [5, 5.41) is 9.37. The fourth-order valence-corrected chi connectivity index (χ4v) is 3.28. The lowest BCUT2D eigenvalue weighted by atomic mass is 10.2. The summed E-state index contributed by atoms with van der Waals surface area (Å²) in [4.78, 5) is 30.3. The van der Waals surface area contributed by atoms with Crippen molar-refractivity contribution < 1.29 is 14.0 Å². The van der Waals surface area contributed by atoms with Crippen LogP contribution in [0.2, 0.25) is 0 Å². The Morgan fingerprint density at radius 3 is 2.81 bits per heavy atom. The van der Waals surface area contributed by atoms with Crippen molar-refractivity contribution >= 4 is 47.4 Å². The number of carbonyl (C=O) groups is 2. The molecule has 1 aromatic heterocycles. The molecule has 0 atom stereocenters. The minimum atomic E-state index is -0.285. The second-order valence-corrected chi connectivity index (χ2v) is 7.09. The monoisotopic (exact) mass is 539 g/mol. The van der Waals surface area contributed by atoms with Crippen molar-refractivity contribution in [3.8, 4) is 0 Å². The molecule has 1 fully saturated rings. The van der Waals surface area contributed by atoms with E-state index in [1.807, 2.05) is 36.1 Å². The van der Waals surface area contributed by atoms with Gasteiger partial charge in [-0.05, 0) is 49.6 Å². The highest BCUT2D eigenvalue weighted by Gasteiger charge is 2.18. The Labute approximate surface area is 199 Å². The van der Waals surface area contributed by atoms with E-state index in [9.17, 15) is 9.59 Å². The number of nitrogens with zero attached hydrogens (tertiary/aromatic N) is 2. The van der Waals surface area contributed by atoms with Gasteiger partial charge in [-0.3, -0.25) is 9.59 Å². The fourth-order valence-electron chi connectivity index (χ4n) is 3.28. The van der Waals surface area contributed by atoms with Crippen LogP contribution in [0.25, 0.3) is 0 Å². The molecule has 3 rings (SSSR count). The van der Waals surface area contributed by atoms with Gasteiger partial charge in [-0.2, -0.15) is 0 Å². The van der Waals surface area contributed by atoms with Crippen LogP contribution >= 0.6 is 24.0 Å². The van der Waals surface area contributed by atoms with Gasteiger partial charge in [0.2, 0.25) is 5.91 Å². The van der Waals surface area contributed by atoms with Crippen LogP contribution in [0, 0.1) is 0 Å². The number of aliphatic imine (C=N–C) groups is 1. The van der Waals surface area contributed by atoms with Crippen LogP contribution in [0.15, 0.2) is 52.1 Å². The number of anilines is 1. The second-order valence-electron chi connectivity index (χ2n) is 7.09. The van der Waals surface area contributed by atoms with Gasteiger partial charge in [0.1, 0.15) is 0 Å². The summed E-state index contributed by atoms with van der Waals surface area (Å²) in [6.45, 7) is 5.66. The Hall–Kier alpha value is -2.56. The number of furan rings is 1. The maximum Gasteiger partial charge on any atom is 0.291 e. The number of likely N-dealkylation sites (tertiary alicyclic amines) is 1. The largest absolute Gasteiger partial charge is 0.459 e. The van der Waals surface area contributed by atoms with Gasteiger partial charge in [0, 0.05) is 38.3 Å². The van der Waals surface area contributed by atoms with Gasteiger partial charge in [-0.15, -0.1) is 24.0 Å². The standard InChI is InChI=1S/C22H29N5O3.HI/c1-2-23-22(24-11-6-13-27-12-4-10-20(27)28)25-16-17-7-3-8-18(15-17)26-21(29)19-9-5-14-30-19;/h3,5,7-9,14-15H,2,4,6,10-13,16H2,1H3,(H,26,29)(H2,23,24,25);1H. The molecule has 2 amide bonds. The molecule has 3 N–H and O–H groups in total. The first-order chi connectivity index (χ1) is 14.7. The summed E-state index contributed by atoms with van der Waals surface area (Å²) in [6, 6.07) is 10.9. The molecular weight excluding hydrogens is 509 g/mol. The molecule has 0 spiro atoms. The smallest absolute Gasteiger partial charge is 0.291 e. The SMILES string of the molecule is CCNC(=NCc1cccc(NC(=O)c2ccco2)c1)NCCCN1CCCC1=O.I. The van der Waals surface area contributed by atoms with Gasteiger partial charge in [0.25, 0.3) is 5.91 Å². The van der Waals surface area contributed by atoms with Gasteiger partial charge >= 0.3 is 0 Å². The molecular formula is C22H30IN5O3. The first-order valence-corrected chi connectivity index (χ1v) is 10.4.